The van der Waals surface area contributed by atoms with Crippen molar-refractivity contribution in [3.63, 3.8) is 0 Å². The van der Waals surface area contributed by atoms with Gasteiger partial charge in [-0.3, -0.25) is 9.59 Å². The van der Waals surface area contributed by atoms with Gasteiger partial charge in [0.05, 0.1) is 6.54 Å². The number of fused-ring (bicyclic) bond motifs is 1. The molecule has 2 aliphatic heterocycles. The molecular weight excluding hydrogens is 284 g/mol. The Balaban J connectivity index is 1.74. The Morgan fingerprint density at radius 2 is 1.95 bits per heavy atom. The van der Waals surface area contributed by atoms with Crippen molar-refractivity contribution >= 4 is 11.8 Å². The first kappa shape index (κ1) is 15.0. The van der Waals surface area contributed by atoms with E-state index in [-0.39, 0.29) is 17.9 Å². The van der Waals surface area contributed by atoms with Crippen molar-refractivity contribution in [2.45, 2.75) is 32.4 Å². The van der Waals surface area contributed by atoms with E-state index in [9.17, 15) is 9.59 Å². The van der Waals surface area contributed by atoms with E-state index in [2.05, 4.69) is 27.5 Å². The number of carbonyl (C=O) groups is 2. The van der Waals surface area contributed by atoms with Crippen LogP contribution in [0.1, 0.15) is 31.0 Å². The average Bonchev–Trinajstić information content (AvgIpc) is 3.07. The van der Waals surface area contributed by atoms with E-state index in [1.165, 1.54) is 6.92 Å². The number of hydrogen-bond acceptors (Lipinski definition) is 5. The lowest BCUT2D eigenvalue weighted by Gasteiger charge is -2.34. The molecule has 22 heavy (non-hydrogen) atoms. The summed E-state index contributed by atoms with van der Waals surface area (Å²) in [5.74, 6) is 1.54. The molecule has 1 aromatic rings. The monoisotopic (exact) mass is 306 g/mol. The predicted octanol–water partition coefficient (Wildman–Crippen LogP) is -0.824. The number of aromatic nitrogens is 3. The lowest BCUT2D eigenvalue weighted by Crippen LogP contribution is -2.49. The van der Waals surface area contributed by atoms with Crippen molar-refractivity contribution in [2.75, 3.05) is 33.2 Å². The van der Waals surface area contributed by atoms with E-state index in [4.69, 9.17) is 0 Å². The van der Waals surface area contributed by atoms with Crippen LogP contribution in [0, 0.1) is 0 Å². The fourth-order valence-corrected chi connectivity index (χ4v) is 3.08. The van der Waals surface area contributed by atoms with Crippen LogP contribution in [0.2, 0.25) is 0 Å². The molecule has 0 radical (unpaired) electrons. The SMILES string of the molecule is CC(=O)NCc1nnc2n1C(C(=O)N1CCN(C)CC1)CC2. The molecule has 1 saturated heterocycles. The summed E-state index contributed by atoms with van der Waals surface area (Å²) in [6.45, 7) is 5.14. The van der Waals surface area contributed by atoms with Crippen molar-refractivity contribution < 1.29 is 9.59 Å². The summed E-state index contributed by atoms with van der Waals surface area (Å²) in [5, 5.41) is 11.0. The number of likely N-dealkylation sites (N-methyl/N-ethyl adjacent to an activating group) is 1. The number of carbonyl (C=O) groups excluding carboxylic acids is 2. The number of amides is 2. The number of nitrogens with one attached hydrogen (secondary N) is 1. The second kappa shape index (κ2) is 6.04. The maximum atomic E-state index is 12.8. The van der Waals surface area contributed by atoms with Gasteiger partial charge < -0.3 is 19.7 Å². The standard InChI is InChI=1S/C14H22N6O2/c1-10(21)15-9-13-17-16-12-4-3-11(20(12)13)14(22)19-7-5-18(2)6-8-19/h11H,3-9H2,1-2H3,(H,15,21). The Morgan fingerprint density at radius 3 is 2.64 bits per heavy atom. The average molecular weight is 306 g/mol. The van der Waals surface area contributed by atoms with Crippen LogP contribution in [0.3, 0.4) is 0 Å². The van der Waals surface area contributed by atoms with Gasteiger partial charge in [-0.25, -0.2) is 0 Å². The molecule has 120 valence electrons. The van der Waals surface area contributed by atoms with E-state index < -0.39 is 0 Å². The van der Waals surface area contributed by atoms with Crippen LogP contribution in [0.25, 0.3) is 0 Å². The van der Waals surface area contributed by atoms with Gasteiger partial charge in [-0.2, -0.15) is 0 Å². The molecule has 0 spiro atoms. The summed E-state index contributed by atoms with van der Waals surface area (Å²) in [5.41, 5.74) is 0. The number of aryl methyl sites for hydroxylation is 1. The zero-order valence-electron chi connectivity index (χ0n) is 13.1. The minimum atomic E-state index is -0.225. The quantitative estimate of drug-likeness (QED) is 0.788. The van der Waals surface area contributed by atoms with E-state index >= 15 is 0 Å². The molecule has 3 rings (SSSR count). The first-order valence-corrected chi connectivity index (χ1v) is 7.70. The van der Waals surface area contributed by atoms with E-state index in [0.29, 0.717) is 12.4 Å². The van der Waals surface area contributed by atoms with E-state index in [1.54, 1.807) is 0 Å². The summed E-state index contributed by atoms with van der Waals surface area (Å²) in [6, 6.07) is -0.225. The molecule has 0 aromatic carbocycles. The minimum Gasteiger partial charge on any atom is -0.349 e. The third-order valence-corrected chi connectivity index (χ3v) is 4.39. The van der Waals surface area contributed by atoms with Crippen molar-refractivity contribution in [3.05, 3.63) is 11.6 Å². The van der Waals surface area contributed by atoms with Gasteiger partial charge in [0, 0.05) is 39.5 Å². The summed E-state index contributed by atoms with van der Waals surface area (Å²) >= 11 is 0. The van der Waals surface area contributed by atoms with Crippen LogP contribution in [0.5, 0.6) is 0 Å². The molecule has 3 heterocycles. The highest BCUT2D eigenvalue weighted by Gasteiger charge is 2.35. The van der Waals surface area contributed by atoms with Gasteiger partial charge in [-0.15, -0.1) is 10.2 Å². The highest BCUT2D eigenvalue weighted by Crippen LogP contribution is 2.28. The van der Waals surface area contributed by atoms with Crippen molar-refractivity contribution in [1.82, 2.24) is 29.9 Å². The Labute approximate surface area is 129 Å². The van der Waals surface area contributed by atoms with Gasteiger partial charge in [-0.1, -0.05) is 0 Å². The number of nitrogens with zero attached hydrogens (tertiary/aromatic N) is 5. The molecule has 1 aromatic heterocycles. The molecule has 1 N–H and O–H groups in total. The summed E-state index contributed by atoms with van der Waals surface area (Å²) in [7, 11) is 2.07. The molecule has 2 amide bonds. The molecule has 8 nitrogen and oxygen atoms in total. The number of hydrogen-bond donors (Lipinski definition) is 1. The van der Waals surface area contributed by atoms with Crippen molar-refractivity contribution in [2.24, 2.45) is 0 Å². The lowest BCUT2D eigenvalue weighted by atomic mass is 10.1. The van der Waals surface area contributed by atoms with Gasteiger partial charge in [0.25, 0.3) is 0 Å². The molecular formula is C14H22N6O2. The van der Waals surface area contributed by atoms with Crippen LogP contribution >= 0.6 is 0 Å². The summed E-state index contributed by atoms with van der Waals surface area (Å²) in [4.78, 5) is 28.0. The maximum Gasteiger partial charge on any atom is 0.245 e. The first-order valence-electron chi connectivity index (χ1n) is 7.70. The Bertz CT molecular complexity index is 576. The van der Waals surface area contributed by atoms with Crippen molar-refractivity contribution in [1.29, 1.82) is 0 Å². The maximum absolute atomic E-state index is 12.8. The van der Waals surface area contributed by atoms with Gasteiger partial charge in [-0.05, 0) is 13.5 Å². The van der Waals surface area contributed by atoms with Crippen LogP contribution in [-0.4, -0.2) is 69.6 Å². The topological polar surface area (TPSA) is 83.4 Å². The lowest BCUT2D eigenvalue weighted by molar-refractivity contribution is -0.136. The van der Waals surface area contributed by atoms with Gasteiger partial charge in [0.15, 0.2) is 5.82 Å². The first-order chi connectivity index (χ1) is 10.6. The van der Waals surface area contributed by atoms with Crippen LogP contribution in [0.4, 0.5) is 0 Å². The third kappa shape index (κ3) is 2.83. The highest BCUT2D eigenvalue weighted by molar-refractivity contribution is 5.81. The molecule has 0 saturated carbocycles. The fraction of sp³-hybridized carbons (Fsp3) is 0.714. The second-order valence-corrected chi connectivity index (χ2v) is 6.00. The highest BCUT2D eigenvalue weighted by atomic mass is 16.2. The molecule has 1 fully saturated rings. The van der Waals surface area contributed by atoms with Crippen LogP contribution in [0.15, 0.2) is 0 Å². The Hall–Kier alpha value is -1.96. The predicted molar refractivity (Wildman–Crippen MR) is 79.0 cm³/mol. The van der Waals surface area contributed by atoms with E-state index in [0.717, 1.165) is 44.8 Å². The normalized spacial score (nSPS) is 21.7. The van der Waals surface area contributed by atoms with E-state index in [1.807, 2.05) is 9.47 Å². The molecule has 2 aliphatic rings. The summed E-state index contributed by atoms with van der Waals surface area (Å²) < 4.78 is 1.91. The molecule has 1 atom stereocenters. The molecule has 8 heteroatoms. The Morgan fingerprint density at radius 1 is 1.23 bits per heavy atom. The zero-order chi connectivity index (χ0) is 15.7. The fourth-order valence-electron chi connectivity index (χ4n) is 3.08. The molecule has 0 bridgehead atoms. The van der Waals surface area contributed by atoms with Crippen LogP contribution in [-0.2, 0) is 22.6 Å². The molecule has 1 unspecified atom stereocenters. The largest absolute Gasteiger partial charge is 0.349 e. The number of rotatable bonds is 3. The molecule has 0 aliphatic carbocycles. The number of piperazine rings is 1. The van der Waals surface area contributed by atoms with Crippen molar-refractivity contribution in [3.8, 4) is 0 Å². The second-order valence-electron chi connectivity index (χ2n) is 6.00. The summed E-state index contributed by atoms with van der Waals surface area (Å²) in [6.07, 6.45) is 1.53. The third-order valence-electron chi connectivity index (χ3n) is 4.39. The minimum absolute atomic E-state index is 0.114. The smallest absolute Gasteiger partial charge is 0.245 e. The zero-order valence-corrected chi connectivity index (χ0v) is 13.1. The van der Waals surface area contributed by atoms with Crippen LogP contribution < -0.4 is 5.32 Å². The van der Waals surface area contributed by atoms with Gasteiger partial charge in [0.1, 0.15) is 11.9 Å². The Kier molecular flexibility index (Phi) is 4.10. The van der Waals surface area contributed by atoms with Gasteiger partial charge >= 0.3 is 0 Å². The van der Waals surface area contributed by atoms with Gasteiger partial charge in [0.2, 0.25) is 11.8 Å².